The van der Waals surface area contributed by atoms with Crippen LogP contribution in [0.25, 0.3) is 10.2 Å². The predicted molar refractivity (Wildman–Crippen MR) is 66.7 cm³/mol. The lowest BCUT2D eigenvalue weighted by Gasteiger charge is -1.95. The zero-order chi connectivity index (χ0) is 11.7. The fourth-order valence-electron chi connectivity index (χ4n) is 1.64. The van der Waals surface area contributed by atoms with Crippen molar-refractivity contribution in [2.75, 3.05) is 5.73 Å². The maximum atomic E-state index is 5.75. The van der Waals surface area contributed by atoms with E-state index in [0.717, 1.165) is 16.6 Å². The number of nitrogen functional groups attached to an aromatic ring is 1. The maximum absolute atomic E-state index is 5.75. The van der Waals surface area contributed by atoms with Crippen molar-refractivity contribution < 1.29 is 0 Å². The van der Waals surface area contributed by atoms with Crippen LogP contribution in [0.1, 0.15) is 10.4 Å². The molecule has 0 aromatic carbocycles. The van der Waals surface area contributed by atoms with Gasteiger partial charge < -0.3 is 5.73 Å². The number of aromatic nitrogens is 4. The van der Waals surface area contributed by atoms with E-state index in [2.05, 4.69) is 20.4 Å². The molecule has 0 fully saturated rings. The van der Waals surface area contributed by atoms with E-state index in [1.54, 1.807) is 23.7 Å². The van der Waals surface area contributed by atoms with Crippen LogP contribution < -0.4 is 5.73 Å². The molecule has 6 heteroatoms. The maximum Gasteiger partial charge on any atom is 0.167 e. The van der Waals surface area contributed by atoms with Crippen molar-refractivity contribution in [1.29, 1.82) is 0 Å². The van der Waals surface area contributed by atoms with Crippen LogP contribution in [0, 0.1) is 0 Å². The molecule has 0 amide bonds. The van der Waals surface area contributed by atoms with Gasteiger partial charge in [0, 0.05) is 23.7 Å². The Bertz CT molecular complexity index is 649. The van der Waals surface area contributed by atoms with E-state index in [0.29, 0.717) is 5.82 Å². The average Bonchev–Trinajstić information content (AvgIpc) is 2.74. The molecule has 0 aliphatic rings. The van der Waals surface area contributed by atoms with Gasteiger partial charge >= 0.3 is 0 Å². The first-order valence-corrected chi connectivity index (χ1v) is 5.91. The van der Waals surface area contributed by atoms with Crippen molar-refractivity contribution in [1.82, 2.24) is 20.4 Å². The number of nitrogens with zero attached hydrogens (tertiary/aromatic N) is 4. The van der Waals surface area contributed by atoms with Gasteiger partial charge in [0.1, 0.15) is 5.52 Å². The summed E-state index contributed by atoms with van der Waals surface area (Å²) in [5, 5.41) is 11.3. The molecule has 0 saturated heterocycles. The minimum absolute atomic E-state index is 0.445. The molecule has 0 unspecified atom stereocenters. The first kappa shape index (κ1) is 10.1. The van der Waals surface area contributed by atoms with Gasteiger partial charge in [-0.25, -0.2) is 0 Å². The standard InChI is InChI=1S/C11H9N5S/c12-11-10-9(14-16-15-11)6-8(17-10)5-7-1-3-13-4-2-7/h1-4,6H,5H2,(H2,12,14,15). The van der Waals surface area contributed by atoms with Crippen molar-refractivity contribution >= 4 is 27.4 Å². The van der Waals surface area contributed by atoms with Gasteiger partial charge in [0.25, 0.3) is 0 Å². The van der Waals surface area contributed by atoms with Gasteiger partial charge in [-0.05, 0) is 29.0 Å². The second-order valence-corrected chi connectivity index (χ2v) is 4.77. The molecule has 0 radical (unpaired) electrons. The Morgan fingerprint density at radius 3 is 2.76 bits per heavy atom. The summed E-state index contributed by atoms with van der Waals surface area (Å²) in [4.78, 5) is 5.19. The van der Waals surface area contributed by atoms with Gasteiger partial charge in [-0.1, -0.05) is 0 Å². The molecule has 0 bridgehead atoms. The average molecular weight is 243 g/mol. The second-order valence-electron chi connectivity index (χ2n) is 3.63. The van der Waals surface area contributed by atoms with Gasteiger partial charge in [-0.3, -0.25) is 4.98 Å². The van der Waals surface area contributed by atoms with Crippen LogP contribution in [0.5, 0.6) is 0 Å². The van der Waals surface area contributed by atoms with E-state index in [1.807, 2.05) is 18.2 Å². The number of nitrogens with two attached hydrogens (primary N) is 1. The predicted octanol–water partition coefficient (Wildman–Crippen LogP) is 1.65. The zero-order valence-electron chi connectivity index (χ0n) is 8.87. The molecule has 3 aromatic rings. The lowest BCUT2D eigenvalue weighted by molar-refractivity contribution is 0.905. The van der Waals surface area contributed by atoms with Gasteiger partial charge in [0.05, 0.1) is 4.70 Å². The van der Waals surface area contributed by atoms with Crippen LogP contribution in [0.15, 0.2) is 30.6 Å². The van der Waals surface area contributed by atoms with E-state index >= 15 is 0 Å². The molecular weight excluding hydrogens is 234 g/mol. The Kier molecular flexibility index (Phi) is 2.41. The van der Waals surface area contributed by atoms with Crippen LogP contribution in [0.4, 0.5) is 5.82 Å². The normalized spacial score (nSPS) is 10.8. The summed E-state index contributed by atoms with van der Waals surface area (Å²) in [6.45, 7) is 0. The molecule has 3 aromatic heterocycles. The molecule has 2 N–H and O–H groups in total. The third kappa shape index (κ3) is 1.94. The summed E-state index contributed by atoms with van der Waals surface area (Å²) in [6, 6.07) is 6.00. The molecule has 17 heavy (non-hydrogen) atoms. The van der Waals surface area contributed by atoms with E-state index in [1.165, 1.54) is 10.4 Å². The Labute approximate surface area is 101 Å². The smallest absolute Gasteiger partial charge is 0.167 e. The van der Waals surface area contributed by atoms with Crippen LogP contribution in [0.3, 0.4) is 0 Å². The van der Waals surface area contributed by atoms with E-state index in [9.17, 15) is 0 Å². The van der Waals surface area contributed by atoms with Crippen molar-refractivity contribution in [3.63, 3.8) is 0 Å². The molecule has 0 spiro atoms. The Balaban J connectivity index is 1.99. The SMILES string of the molecule is Nc1nnnc2cc(Cc3ccncc3)sc12. The molecule has 0 atom stereocenters. The fourth-order valence-corrected chi connectivity index (χ4v) is 2.66. The number of hydrogen-bond donors (Lipinski definition) is 1. The topological polar surface area (TPSA) is 77.6 Å². The number of rotatable bonds is 2. The number of pyridine rings is 1. The van der Waals surface area contributed by atoms with Gasteiger partial charge in [-0.2, -0.15) is 0 Å². The monoisotopic (exact) mass is 243 g/mol. The lowest BCUT2D eigenvalue weighted by Crippen LogP contribution is -1.93. The molecule has 0 aliphatic carbocycles. The minimum Gasteiger partial charge on any atom is -0.381 e. The summed E-state index contributed by atoms with van der Waals surface area (Å²) in [7, 11) is 0. The van der Waals surface area contributed by atoms with Gasteiger partial charge in [-0.15, -0.1) is 21.5 Å². The van der Waals surface area contributed by atoms with E-state index in [4.69, 9.17) is 5.73 Å². The summed E-state index contributed by atoms with van der Waals surface area (Å²) in [5.41, 5.74) is 7.78. The Morgan fingerprint density at radius 1 is 1.18 bits per heavy atom. The Hall–Kier alpha value is -2.08. The summed E-state index contributed by atoms with van der Waals surface area (Å²) in [5.74, 6) is 0.445. The molecule has 3 heterocycles. The van der Waals surface area contributed by atoms with Gasteiger partial charge in [0.2, 0.25) is 0 Å². The first-order valence-electron chi connectivity index (χ1n) is 5.09. The van der Waals surface area contributed by atoms with Gasteiger partial charge in [0.15, 0.2) is 5.82 Å². The molecule has 0 saturated carbocycles. The van der Waals surface area contributed by atoms with E-state index < -0.39 is 0 Å². The first-order chi connectivity index (χ1) is 8.33. The van der Waals surface area contributed by atoms with Crippen molar-refractivity contribution in [2.45, 2.75) is 6.42 Å². The summed E-state index contributed by atoms with van der Waals surface area (Å²) in [6.07, 6.45) is 4.43. The van der Waals surface area contributed by atoms with Crippen LogP contribution in [0.2, 0.25) is 0 Å². The van der Waals surface area contributed by atoms with Crippen molar-refractivity contribution in [3.8, 4) is 0 Å². The van der Waals surface area contributed by atoms with E-state index in [-0.39, 0.29) is 0 Å². The fraction of sp³-hybridized carbons (Fsp3) is 0.0909. The molecule has 0 aliphatic heterocycles. The largest absolute Gasteiger partial charge is 0.381 e. The molecular formula is C11H9N5S. The highest BCUT2D eigenvalue weighted by molar-refractivity contribution is 7.19. The second kappa shape index (κ2) is 4.06. The number of hydrogen-bond acceptors (Lipinski definition) is 6. The third-order valence-corrected chi connectivity index (χ3v) is 3.58. The quantitative estimate of drug-likeness (QED) is 0.740. The zero-order valence-corrected chi connectivity index (χ0v) is 9.68. The number of thiophene rings is 1. The Morgan fingerprint density at radius 2 is 2.00 bits per heavy atom. The summed E-state index contributed by atoms with van der Waals surface area (Å²) < 4.78 is 0.907. The van der Waals surface area contributed by atoms with Crippen LogP contribution >= 0.6 is 11.3 Å². The number of fused-ring (bicyclic) bond motifs is 1. The molecule has 3 rings (SSSR count). The van der Waals surface area contributed by atoms with Crippen LogP contribution in [-0.2, 0) is 6.42 Å². The van der Waals surface area contributed by atoms with Crippen molar-refractivity contribution in [2.24, 2.45) is 0 Å². The highest BCUT2D eigenvalue weighted by Crippen LogP contribution is 2.28. The number of anilines is 1. The van der Waals surface area contributed by atoms with Crippen LogP contribution in [-0.4, -0.2) is 20.4 Å². The molecule has 84 valence electrons. The molecule has 5 nitrogen and oxygen atoms in total. The third-order valence-electron chi connectivity index (χ3n) is 2.43. The highest BCUT2D eigenvalue weighted by Gasteiger charge is 2.07. The minimum atomic E-state index is 0.445. The van der Waals surface area contributed by atoms with Crippen molar-refractivity contribution in [3.05, 3.63) is 41.0 Å². The summed E-state index contributed by atoms with van der Waals surface area (Å²) >= 11 is 1.61. The lowest BCUT2D eigenvalue weighted by atomic mass is 10.2. The highest BCUT2D eigenvalue weighted by atomic mass is 32.1.